The van der Waals surface area contributed by atoms with Crippen LogP contribution in [-0.4, -0.2) is 18.9 Å². The van der Waals surface area contributed by atoms with Crippen molar-refractivity contribution in [2.45, 2.75) is 20.4 Å². The van der Waals surface area contributed by atoms with Gasteiger partial charge in [-0.1, -0.05) is 12.1 Å². The average Bonchev–Trinajstić information content (AvgIpc) is 2.28. The number of benzene rings is 1. The van der Waals surface area contributed by atoms with Crippen molar-refractivity contribution in [1.82, 2.24) is 5.48 Å². The van der Waals surface area contributed by atoms with Crippen LogP contribution in [0.2, 0.25) is 0 Å². The van der Waals surface area contributed by atoms with E-state index in [0.29, 0.717) is 17.9 Å². The van der Waals surface area contributed by atoms with Gasteiger partial charge in [-0.2, -0.15) is 0 Å². The van der Waals surface area contributed by atoms with Crippen molar-refractivity contribution in [2.24, 2.45) is 0 Å². The molecular weight excluding hydrogens is 222 g/mol. The molecule has 0 radical (unpaired) electrons. The number of hydrogen-bond donors (Lipinski definition) is 1. The first-order valence-corrected chi connectivity index (χ1v) is 5.12. The molecule has 5 nitrogen and oxygen atoms in total. The quantitative estimate of drug-likeness (QED) is 0.620. The van der Waals surface area contributed by atoms with Crippen molar-refractivity contribution >= 4 is 11.8 Å². The predicted molar refractivity (Wildman–Crippen MR) is 61.6 cm³/mol. The average molecular weight is 237 g/mol. The van der Waals surface area contributed by atoms with Gasteiger partial charge in [0.1, 0.15) is 5.75 Å². The number of rotatable bonds is 5. The summed E-state index contributed by atoms with van der Waals surface area (Å²) in [6, 6.07) is 5.12. The molecule has 0 spiro atoms. The summed E-state index contributed by atoms with van der Waals surface area (Å²) in [5, 5.41) is 0. The molecule has 0 fully saturated rings. The number of nitrogens with one attached hydrogen (secondary N) is 1. The molecule has 0 aliphatic heterocycles. The number of methoxy groups -OCH3 is 1. The van der Waals surface area contributed by atoms with Crippen LogP contribution in [0.5, 0.6) is 5.75 Å². The van der Waals surface area contributed by atoms with E-state index >= 15 is 0 Å². The van der Waals surface area contributed by atoms with Crippen LogP contribution in [0.15, 0.2) is 18.2 Å². The van der Waals surface area contributed by atoms with Crippen LogP contribution in [0, 0.1) is 0 Å². The minimum Gasteiger partial charge on any atom is -0.496 e. The van der Waals surface area contributed by atoms with Crippen LogP contribution in [0.1, 0.15) is 29.8 Å². The fourth-order valence-corrected chi connectivity index (χ4v) is 1.33. The van der Waals surface area contributed by atoms with Crippen molar-refractivity contribution in [3.05, 3.63) is 29.3 Å². The number of carbonyl (C=O) groups excluding carboxylic acids is 2. The number of hydroxylamine groups is 1. The lowest BCUT2D eigenvalue weighted by Gasteiger charge is -2.10. The van der Waals surface area contributed by atoms with Crippen LogP contribution in [0.4, 0.5) is 0 Å². The normalized spacial score (nSPS) is 9.82. The van der Waals surface area contributed by atoms with E-state index in [-0.39, 0.29) is 5.78 Å². The van der Waals surface area contributed by atoms with E-state index in [4.69, 9.17) is 4.74 Å². The molecule has 0 saturated heterocycles. The lowest BCUT2D eigenvalue weighted by Crippen LogP contribution is -2.17. The topological polar surface area (TPSA) is 64.6 Å². The van der Waals surface area contributed by atoms with Crippen molar-refractivity contribution in [2.75, 3.05) is 7.11 Å². The summed E-state index contributed by atoms with van der Waals surface area (Å²) in [6.07, 6.45) is 0. The minimum atomic E-state index is -0.413. The summed E-state index contributed by atoms with van der Waals surface area (Å²) in [4.78, 5) is 26.4. The van der Waals surface area contributed by atoms with Gasteiger partial charge in [0, 0.05) is 18.1 Å². The van der Waals surface area contributed by atoms with E-state index in [1.54, 1.807) is 18.2 Å². The van der Waals surface area contributed by atoms with Gasteiger partial charge in [0.2, 0.25) is 0 Å². The molecule has 0 aliphatic carbocycles. The monoisotopic (exact) mass is 237 g/mol. The summed E-state index contributed by atoms with van der Waals surface area (Å²) in [5.74, 6) is 0.143. The third-order valence-electron chi connectivity index (χ3n) is 2.17. The summed E-state index contributed by atoms with van der Waals surface area (Å²) < 4.78 is 5.16. The Kier molecular flexibility index (Phi) is 4.66. The van der Waals surface area contributed by atoms with Crippen LogP contribution in [0.3, 0.4) is 0 Å². The second-order valence-electron chi connectivity index (χ2n) is 3.50. The minimum absolute atomic E-state index is 0.0252. The van der Waals surface area contributed by atoms with Crippen molar-refractivity contribution in [3.63, 3.8) is 0 Å². The largest absolute Gasteiger partial charge is 0.496 e. The van der Waals surface area contributed by atoms with Crippen molar-refractivity contribution < 1.29 is 19.2 Å². The van der Waals surface area contributed by atoms with Gasteiger partial charge in [0.05, 0.1) is 13.7 Å². The van der Waals surface area contributed by atoms with E-state index in [0.717, 1.165) is 5.56 Å². The van der Waals surface area contributed by atoms with Gasteiger partial charge >= 0.3 is 5.97 Å². The molecule has 0 amide bonds. The molecule has 1 aromatic rings. The molecule has 0 saturated carbocycles. The lowest BCUT2D eigenvalue weighted by atomic mass is 10.1. The number of ether oxygens (including phenoxy) is 1. The molecule has 0 bridgehead atoms. The van der Waals surface area contributed by atoms with Gasteiger partial charge in [-0.3, -0.25) is 9.59 Å². The molecular formula is C12H15NO4. The Labute approximate surface area is 99.7 Å². The Bertz CT molecular complexity index is 429. The highest BCUT2D eigenvalue weighted by Crippen LogP contribution is 2.20. The predicted octanol–water partition coefficient (Wildman–Crippen LogP) is 1.47. The smallest absolute Gasteiger partial charge is 0.321 e. The van der Waals surface area contributed by atoms with Crippen LogP contribution < -0.4 is 10.2 Å². The first-order chi connectivity index (χ1) is 8.04. The number of ketones is 1. The molecule has 0 heterocycles. The molecule has 0 unspecified atom stereocenters. The molecule has 92 valence electrons. The number of Topliss-reactive ketones (excluding diaryl/α,β-unsaturated/α-hetero) is 1. The van der Waals surface area contributed by atoms with E-state index in [1.807, 2.05) is 0 Å². The zero-order valence-electron chi connectivity index (χ0n) is 10.1. The Hall–Kier alpha value is -1.88. The molecule has 1 rings (SSSR count). The summed E-state index contributed by atoms with van der Waals surface area (Å²) in [7, 11) is 1.52. The first kappa shape index (κ1) is 13.2. The zero-order chi connectivity index (χ0) is 12.8. The number of carbonyl (C=O) groups is 2. The van der Waals surface area contributed by atoms with E-state index in [2.05, 4.69) is 10.3 Å². The molecule has 1 N–H and O–H groups in total. The van der Waals surface area contributed by atoms with Crippen LogP contribution in [0.25, 0.3) is 0 Å². The molecule has 17 heavy (non-hydrogen) atoms. The van der Waals surface area contributed by atoms with Gasteiger partial charge in [0.15, 0.2) is 5.78 Å². The highest BCUT2D eigenvalue weighted by molar-refractivity contribution is 5.94. The third kappa shape index (κ3) is 3.88. The Morgan fingerprint density at radius 1 is 1.29 bits per heavy atom. The van der Waals surface area contributed by atoms with Gasteiger partial charge in [0.25, 0.3) is 0 Å². The molecule has 0 aromatic heterocycles. The fourth-order valence-electron chi connectivity index (χ4n) is 1.33. The second-order valence-corrected chi connectivity index (χ2v) is 3.50. The second kappa shape index (κ2) is 6.00. The molecule has 1 aromatic carbocycles. The highest BCUT2D eigenvalue weighted by Gasteiger charge is 2.07. The molecule has 0 aliphatic rings. The van der Waals surface area contributed by atoms with E-state index in [9.17, 15) is 9.59 Å². The SMILES string of the molecule is COc1cc(C(C)=O)ccc1CNOC(C)=O. The van der Waals surface area contributed by atoms with Gasteiger partial charge in [-0.25, -0.2) is 0 Å². The molecule has 5 heteroatoms. The van der Waals surface area contributed by atoms with Crippen molar-refractivity contribution in [1.29, 1.82) is 0 Å². The Morgan fingerprint density at radius 3 is 2.53 bits per heavy atom. The first-order valence-electron chi connectivity index (χ1n) is 5.12. The van der Waals surface area contributed by atoms with E-state index in [1.165, 1.54) is 21.0 Å². The summed E-state index contributed by atoms with van der Waals surface area (Å²) >= 11 is 0. The van der Waals surface area contributed by atoms with Gasteiger partial charge in [-0.15, -0.1) is 5.48 Å². The third-order valence-corrected chi connectivity index (χ3v) is 2.17. The fraction of sp³-hybridized carbons (Fsp3) is 0.333. The standard InChI is InChI=1S/C12H15NO4/c1-8(14)10-4-5-11(12(6-10)16-3)7-13-17-9(2)15/h4-6,13H,7H2,1-3H3. The lowest BCUT2D eigenvalue weighted by molar-refractivity contribution is -0.148. The van der Waals surface area contributed by atoms with Crippen molar-refractivity contribution in [3.8, 4) is 5.75 Å². The van der Waals surface area contributed by atoms with Gasteiger partial charge in [-0.05, 0) is 13.0 Å². The van der Waals surface area contributed by atoms with Gasteiger partial charge < -0.3 is 9.57 Å². The van der Waals surface area contributed by atoms with Crippen LogP contribution >= 0.6 is 0 Å². The maximum absolute atomic E-state index is 11.2. The van der Waals surface area contributed by atoms with E-state index < -0.39 is 5.97 Å². The molecule has 0 atom stereocenters. The number of hydrogen-bond acceptors (Lipinski definition) is 5. The maximum atomic E-state index is 11.2. The highest BCUT2D eigenvalue weighted by atomic mass is 16.7. The maximum Gasteiger partial charge on any atom is 0.321 e. The zero-order valence-corrected chi connectivity index (χ0v) is 10.1. The Balaban J connectivity index is 2.78. The Morgan fingerprint density at radius 2 is 2.00 bits per heavy atom. The summed E-state index contributed by atoms with van der Waals surface area (Å²) in [6.45, 7) is 3.12. The summed E-state index contributed by atoms with van der Waals surface area (Å²) in [5.41, 5.74) is 3.90. The van der Waals surface area contributed by atoms with Crippen LogP contribution in [-0.2, 0) is 16.2 Å².